The van der Waals surface area contributed by atoms with Crippen molar-refractivity contribution < 1.29 is 19.1 Å². The summed E-state index contributed by atoms with van der Waals surface area (Å²) in [5.74, 6) is 3.46. The summed E-state index contributed by atoms with van der Waals surface area (Å²) < 4.78 is 9.67. The van der Waals surface area contributed by atoms with Crippen LogP contribution in [0.4, 0.5) is 0 Å². The van der Waals surface area contributed by atoms with E-state index < -0.39 is 0 Å². The van der Waals surface area contributed by atoms with Crippen LogP contribution in [0.5, 0.6) is 0 Å². The lowest BCUT2D eigenvalue weighted by Crippen LogP contribution is -2.30. The fraction of sp³-hybridized carbons (Fsp3) is 0.700. The molecule has 136 valence electrons. The summed E-state index contributed by atoms with van der Waals surface area (Å²) in [7, 11) is 0. The number of fused-ring (bicyclic) bond motifs is 2. The number of ether oxygens (including phenoxy) is 2. The van der Waals surface area contributed by atoms with E-state index in [1.54, 1.807) is 6.92 Å². The molecule has 0 spiro atoms. The third-order valence-corrected chi connectivity index (χ3v) is 5.49. The second-order valence-corrected chi connectivity index (χ2v) is 6.59. The molecule has 0 saturated heterocycles. The highest BCUT2D eigenvalue weighted by molar-refractivity contribution is 5.81. The number of esters is 2. The summed E-state index contributed by atoms with van der Waals surface area (Å²) in [5.41, 5.74) is 0. The van der Waals surface area contributed by atoms with Crippen LogP contribution in [0, 0.1) is 29.6 Å². The maximum Gasteiger partial charge on any atom is 0.330 e. The fourth-order valence-corrected chi connectivity index (χ4v) is 4.63. The lowest BCUT2D eigenvalue weighted by atomic mass is 9.72. The number of carbonyl (C=O) groups excluding carboxylic acids is 2. The van der Waals surface area contributed by atoms with Crippen LogP contribution >= 0.6 is 0 Å². The normalized spacial score (nSPS) is 30.0. The third-order valence-electron chi connectivity index (χ3n) is 5.49. The highest BCUT2D eigenvalue weighted by Crippen LogP contribution is 2.57. The third kappa shape index (κ3) is 5.22. The Bertz CT molecular complexity index is 443. The van der Waals surface area contributed by atoms with E-state index in [1.165, 1.54) is 31.8 Å². The molecule has 2 saturated carbocycles. The molecule has 0 aromatic heterocycles. The molecule has 0 heterocycles. The molecule has 2 rings (SSSR count). The Morgan fingerprint density at radius 2 is 1.54 bits per heavy atom. The topological polar surface area (TPSA) is 52.6 Å². The van der Waals surface area contributed by atoms with Gasteiger partial charge in [-0.15, -0.1) is 0 Å². The molecule has 2 fully saturated rings. The van der Waals surface area contributed by atoms with Gasteiger partial charge in [-0.1, -0.05) is 39.8 Å². The quantitative estimate of drug-likeness (QED) is 0.517. The SMILES string of the molecule is C=CC(=O)OCC.C=CC(=O)OCC1CC2CC1C(CC)C2CC. The first kappa shape index (κ1) is 20.5. The van der Waals surface area contributed by atoms with Gasteiger partial charge in [-0.05, 0) is 49.4 Å². The minimum atomic E-state index is -0.359. The Morgan fingerprint density at radius 1 is 0.958 bits per heavy atom. The molecule has 2 aliphatic carbocycles. The van der Waals surface area contributed by atoms with Gasteiger partial charge in [0.2, 0.25) is 0 Å². The zero-order chi connectivity index (χ0) is 18.1. The van der Waals surface area contributed by atoms with Crippen LogP contribution in [0.2, 0.25) is 0 Å². The predicted octanol–water partition coefficient (Wildman–Crippen LogP) is 4.16. The predicted molar refractivity (Wildman–Crippen MR) is 95.3 cm³/mol. The van der Waals surface area contributed by atoms with Crippen molar-refractivity contribution in [2.45, 2.75) is 46.5 Å². The molecular weight excluding hydrogens is 304 g/mol. The molecule has 0 aromatic carbocycles. The zero-order valence-corrected chi connectivity index (χ0v) is 15.3. The molecule has 0 aliphatic heterocycles. The van der Waals surface area contributed by atoms with Gasteiger partial charge in [0, 0.05) is 12.2 Å². The van der Waals surface area contributed by atoms with E-state index in [2.05, 4.69) is 31.7 Å². The monoisotopic (exact) mass is 336 g/mol. The summed E-state index contributed by atoms with van der Waals surface area (Å²) in [6.07, 6.45) is 7.64. The van der Waals surface area contributed by atoms with Crippen LogP contribution < -0.4 is 0 Å². The highest BCUT2D eigenvalue weighted by atomic mass is 16.5. The largest absolute Gasteiger partial charge is 0.463 e. The van der Waals surface area contributed by atoms with Crippen molar-refractivity contribution in [2.24, 2.45) is 29.6 Å². The van der Waals surface area contributed by atoms with Crippen molar-refractivity contribution in [3.05, 3.63) is 25.3 Å². The van der Waals surface area contributed by atoms with Crippen LogP contribution in [-0.2, 0) is 19.1 Å². The molecule has 0 N–H and O–H groups in total. The fourth-order valence-electron chi connectivity index (χ4n) is 4.63. The minimum absolute atomic E-state index is 0.270. The first-order valence-electron chi connectivity index (χ1n) is 9.10. The molecule has 4 nitrogen and oxygen atoms in total. The molecule has 5 unspecified atom stereocenters. The summed E-state index contributed by atoms with van der Waals surface area (Å²) in [4.78, 5) is 21.2. The Morgan fingerprint density at radius 3 is 2.00 bits per heavy atom. The van der Waals surface area contributed by atoms with Gasteiger partial charge in [0.15, 0.2) is 0 Å². The average molecular weight is 336 g/mol. The number of hydrogen-bond acceptors (Lipinski definition) is 4. The van der Waals surface area contributed by atoms with Gasteiger partial charge in [-0.2, -0.15) is 0 Å². The Balaban J connectivity index is 0.000000351. The molecule has 24 heavy (non-hydrogen) atoms. The second-order valence-electron chi connectivity index (χ2n) is 6.59. The Hall–Kier alpha value is -1.58. The van der Waals surface area contributed by atoms with Crippen LogP contribution in [0.25, 0.3) is 0 Å². The maximum atomic E-state index is 11.1. The molecule has 0 aromatic rings. The molecule has 0 amide bonds. The first-order chi connectivity index (χ1) is 11.5. The number of hydrogen-bond donors (Lipinski definition) is 0. The van der Waals surface area contributed by atoms with Crippen LogP contribution in [0.3, 0.4) is 0 Å². The molecule has 2 bridgehead atoms. The zero-order valence-electron chi connectivity index (χ0n) is 15.3. The van der Waals surface area contributed by atoms with E-state index in [4.69, 9.17) is 4.74 Å². The molecule has 0 radical (unpaired) electrons. The van der Waals surface area contributed by atoms with E-state index in [9.17, 15) is 9.59 Å². The van der Waals surface area contributed by atoms with Gasteiger partial charge in [0.25, 0.3) is 0 Å². The molecule has 5 atom stereocenters. The smallest absolute Gasteiger partial charge is 0.330 e. The second kappa shape index (κ2) is 10.3. The Labute approximate surface area is 146 Å². The van der Waals surface area contributed by atoms with Crippen molar-refractivity contribution in [1.82, 2.24) is 0 Å². The number of rotatable bonds is 7. The van der Waals surface area contributed by atoms with Crippen molar-refractivity contribution in [3.63, 3.8) is 0 Å². The van der Waals surface area contributed by atoms with Crippen molar-refractivity contribution in [1.29, 1.82) is 0 Å². The van der Waals surface area contributed by atoms with Gasteiger partial charge in [-0.3, -0.25) is 0 Å². The van der Waals surface area contributed by atoms with E-state index in [0.29, 0.717) is 19.1 Å². The standard InChI is InChI=1S/C15H24O2.C5H8O2/c1-4-12-10-7-11(9-17-15(16)6-3)14(8-10)13(12)5-2;1-3-5(6)7-4-2/h6,10-14H,3-5,7-9H2,1-2H3;3H,1,4H2,2H3. The van der Waals surface area contributed by atoms with E-state index >= 15 is 0 Å². The first-order valence-corrected chi connectivity index (χ1v) is 9.10. The highest BCUT2D eigenvalue weighted by Gasteiger charge is 2.50. The van der Waals surface area contributed by atoms with Crippen molar-refractivity contribution in [2.75, 3.05) is 13.2 Å². The van der Waals surface area contributed by atoms with E-state index in [1.807, 2.05) is 0 Å². The summed E-state index contributed by atoms with van der Waals surface area (Å²) in [6, 6.07) is 0. The Kier molecular flexibility index (Phi) is 8.80. The number of carbonyl (C=O) groups is 2. The van der Waals surface area contributed by atoms with Crippen molar-refractivity contribution in [3.8, 4) is 0 Å². The minimum Gasteiger partial charge on any atom is -0.463 e. The van der Waals surface area contributed by atoms with Gasteiger partial charge in [-0.25, -0.2) is 9.59 Å². The van der Waals surface area contributed by atoms with Crippen LogP contribution in [0.15, 0.2) is 25.3 Å². The van der Waals surface area contributed by atoms with Crippen LogP contribution in [-0.4, -0.2) is 25.2 Å². The van der Waals surface area contributed by atoms with Crippen LogP contribution in [0.1, 0.15) is 46.5 Å². The lowest BCUT2D eigenvalue weighted by Gasteiger charge is -2.34. The molecule has 4 heteroatoms. The van der Waals surface area contributed by atoms with Gasteiger partial charge in [0.1, 0.15) is 0 Å². The average Bonchev–Trinajstić information content (AvgIpc) is 3.17. The van der Waals surface area contributed by atoms with Crippen molar-refractivity contribution >= 4 is 11.9 Å². The molecule has 2 aliphatic rings. The summed E-state index contributed by atoms with van der Waals surface area (Å²) in [6.45, 7) is 14.0. The van der Waals surface area contributed by atoms with E-state index in [-0.39, 0.29) is 11.9 Å². The van der Waals surface area contributed by atoms with Gasteiger partial charge < -0.3 is 9.47 Å². The molecular formula is C20H32O4. The summed E-state index contributed by atoms with van der Waals surface area (Å²) in [5, 5.41) is 0. The lowest BCUT2D eigenvalue weighted by molar-refractivity contribution is -0.140. The maximum absolute atomic E-state index is 11.1. The van der Waals surface area contributed by atoms with Gasteiger partial charge >= 0.3 is 11.9 Å². The van der Waals surface area contributed by atoms with Gasteiger partial charge in [0.05, 0.1) is 13.2 Å². The summed E-state index contributed by atoms with van der Waals surface area (Å²) >= 11 is 0. The van der Waals surface area contributed by atoms with E-state index in [0.717, 1.165) is 29.7 Å².